The first-order valence-corrected chi connectivity index (χ1v) is 10.5. The summed E-state index contributed by atoms with van der Waals surface area (Å²) in [5, 5.41) is 6.45. The first-order valence-electron chi connectivity index (χ1n) is 10.1. The van der Waals surface area contributed by atoms with E-state index in [-0.39, 0.29) is 42.7 Å². The molecule has 1 atom stereocenters. The summed E-state index contributed by atoms with van der Waals surface area (Å²) in [5.74, 6) is -0.225. The van der Waals surface area contributed by atoms with Crippen LogP contribution in [0.1, 0.15) is 40.4 Å². The highest BCUT2D eigenvalue weighted by atomic mass is 35.5. The van der Waals surface area contributed by atoms with Gasteiger partial charge < -0.3 is 16.4 Å². The van der Waals surface area contributed by atoms with E-state index in [9.17, 15) is 9.59 Å². The summed E-state index contributed by atoms with van der Waals surface area (Å²) in [6.07, 6.45) is 4.86. The van der Waals surface area contributed by atoms with Gasteiger partial charge in [-0.25, -0.2) is 0 Å². The molecule has 4 N–H and O–H groups in total. The largest absolute Gasteiger partial charge is 0.353 e. The van der Waals surface area contributed by atoms with Crippen molar-refractivity contribution in [2.24, 2.45) is 5.73 Å². The van der Waals surface area contributed by atoms with Crippen LogP contribution in [0.25, 0.3) is 0 Å². The number of amides is 2. The number of nitrogens with zero attached hydrogens (tertiary/aromatic N) is 1. The molecule has 0 bridgehead atoms. The van der Waals surface area contributed by atoms with Gasteiger partial charge in [0.2, 0.25) is 5.91 Å². The molecule has 3 aromatic rings. The smallest absolute Gasteiger partial charge is 0.255 e. The molecule has 0 aliphatic heterocycles. The van der Waals surface area contributed by atoms with Crippen molar-refractivity contribution in [1.29, 1.82) is 0 Å². The Morgan fingerprint density at radius 1 is 0.970 bits per heavy atom. The molecule has 0 saturated heterocycles. The second-order valence-corrected chi connectivity index (χ2v) is 8.15. The summed E-state index contributed by atoms with van der Waals surface area (Å²) in [6.45, 7) is 0.316. The van der Waals surface area contributed by atoms with Crippen molar-refractivity contribution in [3.05, 3.63) is 94.8 Å². The average molecular weight is 508 g/mol. The third kappa shape index (κ3) is 6.24. The van der Waals surface area contributed by atoms with Crippen LogP contribution in [0.5, 0.6) is 0 Å². The van der Waals surface area contributed by atoms with E-state index in [4.69, 9.17) is 17.3 Å². The Morgan fingerprint density at radius 2 is 1.58 bits per heavy atom. The van der Waals surface area contributed by atoms with Crippen LogP contribution < -0.4 is 16.4 Å². The van der Waals surface area contributed by atoms with E-state index < -0.39 is 5.41 Å². The van der Waals surface area contributed by atoms with Gasteiger partial charge in [-0.05, 0) is 60.4 Å². The molecule has 4 rings (SSSR count). The van der Waals surface area contributed by atoms with Gasteiger partial charge in [0.1, 0.15) is 0 Å². The number of hydrogen-bond acceptors (Lipinski definition) is 4. The highest BCUT2D eigenvalue weighted by molar-refractivity contribution is 6.30. The summed E-state index contributed by atoms with van der Waals surface area (Å²) in [5.41, 5.74) is 8.83. The summed E-state index contributed by atoms with van der Waals surface area (Å²) < 4.78 is 0. The van der Waals surface area contributed by atoms with Crippen LogP contribution in [-0.2, 0) is 10.2 Å². The van der Waals surface area contributed by atoms with Crippen LogP contribution in [0.3, 0.4) is 0 Å². The summed E-state index contributed by atoms with van der Waals surface area (Å²) in [7, 11) is 0. The third-order valence-electron chi connectivity index (χ3n) is 5.60. The van der Waals surface area contributed by atoms with Crippen molar-refractivity contribution in [1.82, 2.24) is 10.3 Å². The maximum atomic E-state index is 12.8. The van der Waals surface area contributed by atoms with Crippen molar-refractivity contribution < 1.29 is 9.59 Å². The van der Waals surface area contributed by atoms with Crippen molar-refractivity contribution >= 4 is 53.9 Å². The minimum absolute atomic E-state index is 0. The molecular formula is C24H25Cl3N4O2. The number of anilines is 1. The zero-order chi connectivity index (χ0) is 21.8. The molecule has 9 heteroatoms. The lowest BCUT2D eigenvalue weighted by atomic mass is 9.95. The van der Waals surface area contributed by atoms with E-state index in [1.54, 1.807) is 36.7 Å². The number of benzene rings is 2. The molecule has 174 valence electrons. The SMILES string of the molecule is Cl.Cl.N[C@@H](CNC(=O)C1(c2ccc(Cl)cc2)CC1)c1ccc(C(=O)Nc2ccncc2)cc1. The molecule has 6 nitrogen and oxygen atoms in total. The number of carbonyl (C=O) groups is 2. The van der Waals surface area contributed by atoms with Gasteiger partial charge in [-0.1, -0.05) is 35.9 Å². The number of carbonyl (C=O) groups excluding carboxylic acids is 2. The van der Waals surface area contributed by atoms with Gasteiger partial charge in [-0.15, -0.1) is 24.8 Å². The Hall–Kier alpha value is -2.64. The Bertz CT molecular complexity index is 1070. The van der Waals surface area contributed by atoms with Gasteiger partial charge in [-0.3, -0.25) is 14.6 Å². The highest BCUT2D eigenvalue weighted by Gasteiger charge is 2.51. The molecular weight excluding hydrogens is 483 g/mol. The Morgan fingerprint density at radius 3 is 2.15 bits per heavy atom. The summed E-state index contributed by atoms with van der Waals surface area (Å²) in [6, 6.07) is 17.6. The number of halogens is 3. The Kier molecular flexibility index (Phi) is 9.25. The van der Waals surface area contributed by atoms with Crippen molar-refractivity contribution in [3.63, 3.8) is 0 Å². The van der Waals surface area contributed by atoms with Gasteiger partial charge in [0, 0.05) is 41.3 Å². The van der Waals surface area contributed by atoms with E-state index in [2.05, 4.69) is 15.6 Å². The fourth-order valence-electron chi connectivity index (χ4n) is 3.55. The molecule has 0 unspecified atom stereocenters. The van der Waals surface area contributed by atoms with E-state index in [1.807, 2.05) is 36.4 Å². The lowest BCUT2D eigenvalue weighted by molar-refractivity contribution is -0.123. The number of nitrogens with two attached hydrogens (primary N) is 1. The molecule has 2 aromatic carbocycles. The number of aromatic nitrogens is 1. The lowest BCUT2D eigenvalue weighted by Crippen LogP contribution is -2.38. The molecule has 2 amide bonds. The Labute approximate surface area is 210 Å². The van der Waals surface area contributed by atoms with Crippen molar-refractivity contribution in [2.75, 3.05) is 11.9 Å². The van der Waals surface area contributed by atoms with E-state index >= 15 is 0 Å². The average Bonchev–Trinajstić information content (AvgIpc) is 3.60. The number of hydrogen-bond donors (Lipinski definition) is 3. The number of pyridine rings is 1. The van der Waals surface area contributed by atoms with Crippen LogP contribution in [0, 0.1) is 0 Å². The highest BCUT2D eigenvalue weighted by Crippen LogP contribution is 2.48. The number of rotatable bonds is 7. The molecule has 1 heterocycles. The third-order valence-corrected chi connectivity index (χ3v) is 5.86. The van der Waals surface area contributed by atoms with E-state index in [0.29, 0.717) is 22.8 Å². The van der Waals surface area contributed by atoms with Gasteiger partial charge >= 0.3 is 0 Å². The predicted molar refractivity (Wildman–Crippen MR) is 135 cm³/mol. The quantitative estimate of drug-likeness (QED) is 0.432. The van der Waals surface area contributed by atoms with Crippen molar-refractivity contribution in [2.45, 2.75) is 24.3 Å². The van der Waals surface area contributed by atoms with Crippen molar-refractivity contribution in [3.8, 4) is 0 Å². The molecule has 0 radical (unpaired) electrons. The molecule has 1 aromatic heterocycles. The van der Waals surface area contributed by atoms with Gasteiger partial charge in [0.05, 0.1) is 5.41 Å². The summed E-state index contributed by atoms with van der Waals surface area (Å²) >= 11 is 5.96. The van der Waals surface area contributed by atoms with Crippen LogP contribution >= 0.6 is 36.4 Å². The van der Waals surface area contributed by atoms with E-state index in [1.165, 1.54) is 0 Å². The minimum atomic E-state index is -0.473. The van der Waals surface area contributed by atoms with Gasteiger partial charge in [-0.2, -0.15) is 0 Å². The van der Waals surface area contributed by atoms with Crippen LogP contribution in [0.15, 0.2) is 73.1 Å². The lowest BCUT2D eigenvalue weighted by Gasteiger charge is -2.19. The second-order valence-electron chi connectivity index (χ2n) is 7.72. The predicted octanol–water partition coefficient (Wildman–Crippen LogP) is 4.68. The zero-order valence-electron chi connectivity index (χ0n) is 17.7. The summed E-state index contributed by atoms with van der Waals surface area (Å²) in [4.78, 5) is 29.1. The minimum Gasteiger partial charge on any atom is -0.353 e. The van der Waals surface area contributed by atoms with Crippen LogP contribution in [0.4, 0.5) is 5.69 Å². The normalized spacial score (nSPS) is 14.1. The molecule has 1 fully saturated rings. The van der Waals surface area contributed by atoms with Crippen LogP contribution in [0.2, 0.25) is 5.02 Å². The number of nitrogens with one attached hydrogen (secondary N) is 2. The fourth-order valence-corrected chi connectivity index (χ4v) is 3.68. The molecule has 1 aliphatic carbocycles. The second kappa shape index (κ2) is 11.5. The maximum absolute atomic E-state index is 12.8. The molecule has 1 saturated carbocycles. The first kappa shape index (κ1) is 26.6. The fraction of sp³-hybridized carbons (Fsp3) is 0.208. The van der Waals surface area contributed by atoms with Gasteiger partial charge in [0.25, 0.3) is 5.91 Å². The molecule has 0 spiro atoms. The Balaban J connectivity index is 0.00000193. The molecule has 33 heavy (non-hydrogen) atoms. The van der Waals surface area contributed by atoms with Gasteiger partial charge in [0.15, 0.2) is 0 Å². The van der Waals surface area contributed by atoms with Crippen LogP contribution in [-0.4, -0.2) is 23.3 Å². The monoisotopic (exact) mass is 506 g/mol. The molecule has 1 aliphatic rings. The topological polar surface area (TPSA) is 97.1 Å². The maximum Gasteiger partial charge on any atom is 0.255 e. The zero-order valence-corrected chi connectivity index (χ0v) is 20.1. The standard InChI is InChI=1S/C24H23ClN4O2.2ClH/c25-19-7-5-18(6-8-19)24(11-12-24)23(31)28-15-21(26)16-1-3-17(4-2-16)22(30)29-20-9-13-27-14-10-20;;/h1-10,13-14,21H,11-12,15,26H2,(H,28,31)(H,27,29,30);2*1H/t21-;;/m0../s1. The van der Waals surface area contributed by atoms with E-state index in [0.717, 1.165) is 24.0 Å². The first-order chi connectivity index (χ1) is 15.0.